The van der Waals surface area contributed by atoms with Crippen molar-refractivity contribution >= 4 is 15.9 Å². The third kappa shape index (κ3) is 5.45. The lowest BCUT2D eigenvalue weighted by Gasteiger charge is -2.17. The van der Waals surface area contributed by atoms with Gasteiger partial charge in [0, 0.05) is 27.3 Å². The van der Waals surface area contributed by atoms with Crippen LogP contribution in [0.1, 0.15) is 12.0 Å². The molecule has 1 aromatic carbocycles. The number of benzene rings is 1. The molecule has 0 bridgehead atoms. The van der Waals surface area contributed by atoms with Gasteiger partial charge in [-0.15, -0.1) is 0 Å². The van der Waals surface area contributed by atoms with Crippen LogP contribution in [0, 0.1) is 6.92 Å². The zero-order valence-corrected chi connectivity index (χ0v) is 13.4. The number of carbonyl (C=O) groups excluding carboxylic acids is 1. The van der Waals surface area contributed by atoms with Crippen LogP contribution in [-0.4, -0.2) is 52.5 Å². The van der Waals surface area contributed by atoms with Crippen molar-refractivity contribution in [1.29, 1.82) is 0 Å². The van der Waals surface area contributed by atoms with Gasteiger partial charge in [0.2, 0.25) is 15.9 Å². The van der Waals surface area contributed by atoms with Crippen LogP contribution in [-0.2, 0) is 19.6 Å². The van der Waals surface area contributed by atoms with Crippen molar-refractivity contribution in [2.45, 2.75) is 18.2 Å². The highest BCUT2D eigenvalue weighted by Crippen LogP contribution is 2.14. The Labute approximate surface area is 126 Å². The summed E-state index contributed by atoms with van der Waals surface area (Å²) in [6.45, 7) is 2.69. The monoisotopic (exact) mass is 314 g/mol. The minimum absolute atomic E-state index is 0.183. The van der Waals surface area contributed by atoms with Gasteiger partial charge in [-0.25, -0.2) is 8.42 Å². The van der Waals surface area contributed by atoms with Crippen LogP contribution in [0.4, 0.5) is 0 Å². The number of carbonyl (C=O) groups is 1. The van der Waals surface area contributed by atoms with Crippen molar-refractivity contribution in [3.05, 3.63) is 29.8 Å². The second kappa shape index (κ2) is 8.11. The lowest BCUT2D eigenvalue weighted by Crippen LogP contribution is -2.38. The smallest absolute Gasteiger partial charge is 0.243 e. The quantitative estimate of drug-likeness (QED) is 0.719. The Morgan fingerprint density at radius 3 is 2.48 bits per heavy atom. The van der Waals surface area contributed by atoms with E-state index < -0.39 is 10.0 Å². The largest absolute Gasteiger partial charge is 0.385 e. The van der Waals surface area contributed by atoms with Crippen LogP contribution in [0.2, 0.25) is 0 Å². The summed E-state index contributed by atoms with van der Waals surface area (Å²) in [7, 11) is -0.658. The van der Waals surface area contributed by atoms with Crippen molar-refractivity contribution in [3.8, 4) is 0 Å². The second-order valence-electron chi connectivity index (χ2n) is 4.77. The molecule has 6 nitrogen and oxygen atoms in total. The van der Waals surface area contributed by atoms with Gasteiger partial charge in [0.05, 0.1) is 11.4 Å². The van der Waals surface area contributed by atoms with Gasteiger partial charge in [-0.05, 0) is 25.5 Å². The van der Waals surface area contributed by atoms with E-state index in [2.05, 4.69) is 5.32 Å². The molecule has 0 fully saturated rings. The maximum absolute atomic E-state index is 12.3. The number of amides is 1. The highest BCUT2D eigenvalue weighted by atomic mass is 32.2. The summed E-state index contributed by atoms with van der Waals surface area (Å²) in [5.41, 5.74) is 0.979. The van der Waals surface area contributed by atoms with Crippen LogP contribution in [0.5, 0.6) is 0 Å². The first-order valence-electron chi connectivity index (χ1n) is 6.66. The van der Waals surface area contributed by atoms with Crippen LogP contribution < -0.4 is 5.32 Å². The molecule has 0 aromatic heterocycles. The van der Waals surface area contributed by atoms with Gasteiger partial charge < -0.3 is 10.1 Å². The maximum atomic E-state index is 12.3. The Balaban J connectivity index is 2.59. The maximum Gasteiger partial charge on any atom is 0.243 e. The predicted octanol–water partition coefficient (Wildman–Crippen LogP) is 0.768. The van der Waals surface area contributed by atoms with E-state index in [0.717, 1.165) is 9.87 Å². The Hall–Kier alpha value is -1.44. The Kier molecular flexibility index (Phi) is 6.80. The van der Waals surface area contributed by atoms with E-state index in [1.165, 1.54) is 19.2 Å². The number of hydrogen-bond acceptors (Lipinski definition) is 4. The number of nitrogens with zero attached hydrogens (tertiary/aromatic N) is 1. The van der Waals surface area contributed by atoms with E-state index >= 15 is 0 Å². The van der Waals surface area contributed by atoms with Crippen LogP contribution in [0.25, 0.3) is 0 Å². The zero-order valence-electron chi connectivity index (χ0n) is 12.6. The summed E-state index contributed by atoms with van der Waals surface area (Å²) in [4.78, 5) is 11.9. The molecule has 0 atom stereocenters. The molecule has 118 valence electrons. The average molecular weight is 314 g/mol. The van der Waals surface area contributed by atoms with E-state index in [1.54, 1.807) is 19.2 Å². The molecule has 0 saturated carbocycles. The van der Waals surface area contributed by atoms with Gasteiger partial charge in [-0.2, -0.15) is 4.31 Å². The van der Waals surface area contributed by atoms with Crippen molar-refractivity contribution in [2.24, 2.45) is 0 Å². The molecule has 0 aliphatic carbocycles. The summed E-state index contributed by atoms with van der Waals surface area (Å²) in [6, 6.07) is 6.53. The number of likely N-dealkylation sites (N-methyl/N-ethyl adjacent to an activating group) is 1. The van der Waals surface area contributed by atoms with Crippen LogP contribution in [0.3, 0.4) is 0 Å². The number of sulfonamides is 1. The molecule has 1 aromatic rings. The third-order valence-electron chi connectivity index (χ3n) is 2.94. The fourth-order valence-corrected chi connectivity index (χ4v) is 2.80. The van der Waals surface area contributed by atoms with E-state index in [4.69, 9.17) is 4.74 Å². The zero-order chi connectivity index (χ0) is 15.9. The first kappa shape index (κ1) is 17.6. The molecular formula is C14H22N2O4S. The summed E-state index contributed by atoms with van der Waals surface area (Å²) >= 11 is 0. The molecule has 1 rings (SSSR count). The second-order valence-corrected chi connectivity index (χ2v) is 6.82. The first-order valence-corrected chi connectivity index (χ1v) is 8.10. The van der Waals surface area contributed by atoms with Crippen molar-refractivity contribution in [2.75, 3.05) is 33.9 Å². The topological polar surface area (TPSA) is 75.7 Å². The Bertz CT molecular complexity index is 555. The number of methoxy groups -OCH3 is 1. The molecule has 0 aliphatic rings. The molecule has 0 saturated heterocycles. The first-order chi connectivity index (χ1) is 9.87. The highest BCUT2D eigenvalue weighted by Gasteiger charge is 2.22. The number of rotatable bonds is 8. The van der Waals surface area contributed by atoms with Gasteiger partial charge in [0.1, 0.15) is 0 Å². The molecule has 0 unspecified atom stereocenters. The minimum Gasteiger partial charge on any atom is -0.385 e. The standard InChI is InChI=1S/C14H22N2O4S/c1-12-5-7-13(8-6-12)21(18,19)16(2)11-14(17)15-9-4-10-20-3/h5-8H,4,9-11H2,1-3H3,(H,15,17). The van der Waals surface area contributed by atoms with Gasteiger partial charge >= 0.3 is 0 Å². The normalized spacial score (nSPS) is 11.6. The molecular weight excluding hydrogens is 292 g/mol. The summed E-state index contributed by atoms with van der Waals surface area (Å²) < 4.78 is 30.5. The van der Waals surface area contributed by atoms with Crippen molar-refractivity contribution < 1.29 is 17.9 Å². The lowest BCUT2D eigenvalue weighted by molar-refractivity contribution is -0.121. The third-order valence-corrected chi connectivity index (χ3v) is 4.76. The molecule has 0 radical (unpaired) electrons. The van der Waals surface area contributed by atoms with Crippen LogP contribution in [0.15, 0.2) is 29.2 Å². The molecule has 0 spiro atoms. The number of ether oxygens (including phenoxy) is 1. The van der Waals surface area contributed by atoms with Crippen molar-refractivity contribution in [1.82, 2.24) is 9.62 Å². The summed E-state index contributed by atoms with van der Waals surface area (Å²) in [6.07, 6.45) is 0.691. The summed E-state index contributed by atoms with van der Waals surface area (Å²) in [5, 5.41) is 2.66. The SMILES string of the molecule is COCCCNC(=O)CN(C)S(=O)(=O)c1ccc(C)cc1. The molecule has 0 aliphatic heterocycles. The van der Waals surface area contributed by atoms with E-state index in [9.17, 15) is 13.2 Å². The minimum atomic E-state index is -3.64. The number of aryl methyl sites for hydroxylation is 1. The fraction of sp³-hybridized carbons (Fsp3) is 0.500. The van der Waals surface area contributed by atoms with Crippen LogP contribution >= 0.6 is 0 Å². The fourth-order valence-electron chi connectivity index (χ4n) is 1.68. The molecule has 1 N–H and O–H groups in total. The predicted molar refractivity (Wildman–Crippen MR) is 80.5 cm³/mol. The average Bonchev–Trinajstić information content (AvgIpc) is 2.44. The Morgan fingerprint density at radius 1 is 1.29 bits per heavy atom. The van der Waals surface area contributed by atoms with Gasteiger partial charge in [-0.1, -0.05) is 17.7 Å². The molecule has 1 amide bonds. The molecule has 21 heavy (non-hydrogen) atoms. The highest BCUT2D eigenvalue weighted by molar-refractivity contribution is 7.89. The van der Waals surface area contributed by atoms with E-state index in [1.807, 2.05) is 6.92 Å². The van der Waals surface area contributed by atoms with E-state index in [-0.39, 0.29) is 17.3 Å². The van der Waals surface area contributed by atoms with Gasteiger partial charge in [-0.3, -0.25) is 4.79 Å². The number of hydrogen-bond donors (Lipinski definition) is 1. The van der Waals surface area contributed by atoms with E-state index in [0.29, 0.717) is 19.6 Å². The lowest BCUT2D eigenvalue weighted by atomic mass is 10.2. The van der Waals surface area contributed by atoms with Gasteiger partial charge in [0.15, 0.2) is 0 Å². The molecule has 0 heterocycles. The van der Waals surface area contributed by atoms with Crippen molar-refractivity contribution in [3.63, 3.8) is 0 Å². The Morgan fingerprint density at radius 2 is 1.90 bits per heavy atom. The van der Waals surface area contributed by atoms with Gasteiger partial charge in [0.25, 0.3) is 0 Å². The summed E-state index contributed by atoms with van der Waals surface area (Å²) in [5.74, 6) is -0.329. The molecule has 7 heteroatoms. The number of nitrogens with one attached hydrogen (secondary N) is 1.